The van der Waals surface area contributed by atoms with E-state index >= 15 is 0 Å². The molecule has 1 aromatic carbocycles. The number of nitrogens with zero attached hydrogens (tertiary/aromatic N) is 1. The van der Waals surface area contributed by atoms with Gasteiger partial charge in [0.2, 0.25) is 0 Å². The van der Waals surface area contributed by atoms with Crippen molar-refractivity contribution < 1.29 is 13.5 Å². The van der Waals surface area contributed by atoms with Gasteiger partial charge in [0.05, 0.1) is 17.2 Å². The molecular formula is C10H5F2NO. The van der Waals surface area contributed by atoms with Gasteiger partial charge >= 0.3 is 6.11 Å². The van der Waals surface area contributed by atoms with E-state index in [2.05, 4.69) is 11.3 Å². The second-order valence-corrected chi connectivity index (χ2v) is 2.92. The second-order valence-electron chi connectivity index (χ2n) is 2.92. The molecule has 0 spiro atoms. The molecule has 4 heteroatoms. The molecule has 1 aromatic rings. The molecule has 0 atom stereocenters. The first kappa shape index (κ1) is 8.70. The number of alkyl halides is 2. The van der Waals surface area contributed by atoms with Crippen LogP contribution in [0.15, 0.2) is 24.8 Å². The van der Waals surface area contributed by atoms with Crippen molar-refractivity contribution in [2.45, 2.75) is 6.11 Å². The minimum absolute atomic E-state index is 0.0685. The molecule has 70 valence electrons. The molecule has 0 saturated heterocycles. The third-order valence-electron chi connectivity index (χ3n) is 2.02. The molecule has 0 N–H and O–H groups in total. The first-order chi connectivity index (χ1) is 6.54. The zero-order valence-corrected chi connectivity index (χ0v) is 7.05. The van der Waals surface area contributed by atoms with Crippen molar-refractivity contribution in [3.8, 4) is 11.8 Å². The van der Waals surface area contributed by atoms with Crippen LogP contribution in [0.4, 0.5) is 8.78 Å². The largest absolute Gasteiger partial charge is 0.428 e. The molecule has 0 amide bonds. The van der Waals surface area contributed by atoms with Gasteiger partial charge in [-0.15, -0.1) is 0 Å². The van der Waals surface area contributed by atoms with Gasteiger partial charge in [-0.05, 0) is 18.2 Å². The molecule has 0 aromatic heterocycles. The Morgan fingerprint density at radius 3 is 2.79 bits per heavy atom. The lowest BCUT2D eigenvalue weighted by molar-refractivity contribution is -0.111. The van der Waals surface area contributed by atoms with Crippen molar-refractivity contribution in [2.75, 3.05) is 0 Å². The Hall–Kier alpha value is -1.89. The van der Waals surface area contributed by atoms with Crippen LogP contribution in [-0.2, 0) is 0 Å². The van der Waals surface area contributed by atoms with Gasteiger partial charge < -0.3 is 4.74 Å². The zero-order valence-electron chi connectivity index (χ0n) is 7.05. The van der Waals surface area contributed by atoms with Crippen LogP contribution < -0.4 is 4.74 Å². The summed E-state index contributed by atoms with van der Waals surface area (Å²) in [7, 11) is 0. The first-order valence-corrected chi connectivity index (χ1v) is 3.85. The average Bonchev–Trinajstić information content (AvgIpc) is 2.38. The lowest BCUT2D eigenvalue weighted by Gasteiger charge is -2.07. The molecule has 1 aliphatic heterocycles. The van der Waals surface area contributed by atoms with Crippen LogP contribution in [-0.4, -0.2) is 6.11 Å². The van der Waals surface area contributed by atoms with E-state index in [1.165, 1.54) is 18.2 Å². The molecule has 1 heterocycles. The summed E-state index contributed by atoms with van der Waals surface area (Å²) in [6.45, 7) is 3.24. The lowest BCUT2D eigenvalue weighted by Crippen LogP contribution is -2.19. The van der Waals surface area contributed by atoms with E-state index in [4.69, 9.17) is 5.26 Å². The van der Waals surface area contributed by atoms with Crippen molar-refractivity contribution in [1.82, 2.24) is 0 Å². The molecule has 1 aliphatic rings. The normalized spacial score (nSPS) is 17.1. The molecule has 0 unspecified atom stereocenters. The minimum atomic E-state index is -3.35. The third kappa shape index (κ3) is 1.06. The maximum Gasteiger partial charge on any atom is 0.426 e. The molecule has 0 aliphatic carbocycles. The summed E-state index contributed by atoms with van der Waals surface area (Å²) in [5.74, 6) is 0.0685. The zero-order chi connectivity index (χ0) is 10.3. The van der Waals surface area contributed by atoms with Crippen molar-refractivity contribution in [2.24, 2.45) is 0 Å². The van der Waals surface area contributed by atoms with Crippen molar-refractivity contribution in [3.63, 3.8) is 0 Å². The van der Waals surface area contributed by atoms with Crippen LogP contribution in [0.5, 0.6) is 5.75 Å². The maximum absolute atomic E-state index is 13.0. The highest BCUT2D eigenvalue weighted by Gasteiger charge is 2.44. The van der Waals surface area contributed by atoms with Crippen molar-refractivity contribution in [3.05, 3.63) is 35.9 Å². The van der Waals surface area contributed by atoms with Crippen LogP contribution in [0.25, 0.3) is 5.57 Å². The van der Waals surface area contributed by atoms with E-state index in [0.717, 1.165) is 0 Å². The fraction of sp³-hybridized carbons (Fsp3) is 0.100. The summed E-state index contributed by atoms with van der Waals surface area (Å²) in [5, 5.41) is 8.58. The fourth-order valence-corrected chi connectivity index (χ4v) is 1.28. The highest BCUT2D eigenvalue weighted by Crippen LogP contribution is 2.45. The molecule has 2 rings (SSSR count). The molecule has 0 bridgehead atoms. The summed E-state index contributed by atoms with van der Waals surface area (Å²) in [5.41, 5.74) is 0.116. The van der Waals surface area contributed by atoms with E-state index in [0.29, 0.717) is 5.56 Å². The summed E-state index contributed by atoms with van der Waals surface area (Å²) in [4.78, 5) is 0. The van der Waals surface area contributed by atoms with E-state index < -0.39 is 11.7 Å². The molecular weight excluding hydrogens is 188 g/mol. The third-order valence-corrected chi connectivity index (χ3v) is 2.02. The summed E-state index contributed by atoms with van der Waals surface area (Å²) < 4.78 is 30.3. The van der Waals surface area contributed by atoms with Crippen LogP contribution in [0.3, 0.4) is 0 Å². The minimum Gasteiger partial charge on any atom is -0.428 e. The predicted octanol–water partition coefficient (Wildman–Crippen LogP) is 2.56. The highest BCUT2D eigenvalue weighted by atomic mass is 19.3. The van der Waals surface area contributed by atoms with Crippen LogP contribution in [0.1, 0.15) is 11.1 Å². The molecule has 14 heavy (non-hydrogen) atoms. The van der Waals surface area contributed by atoms with Crippen molar-refractivity contribution in [1.29, 1.82) is 5.26 Å². The quantitative estimate of drug-likeness (QED) is 0.634. The number of halogens is 2. The number of benzene rings is 1. The van der Waals surface area contributed by atoms with Gasteiger partial charge in [-0.3, -0.25) is 0 Å². The average molecular weight is 193 g/mol. The Balaban J connectivity index is 2.57. The number of rotatable bonds is 0. The fourth-order valence-electron chi connectivity index (χ4n) is 1.28. The molecule has 0 radical (unpaired) electrons. The highest BCUT2D eigenvalue weighted by molar-refractivity contribution is 5.77. The monoisotopic (exact) mass is 193 g/mol. The Morgan fingerprint density at radius 1 is 1.43 bits per heavy atom. The van der Waals surface area contributed by atoms with Crippen LogP contribution >= 0.6 is 0 Å². The number of hydrogen-bond acceptors (Lipinski definition) is 2. The molecule has 0 fully saturated rings. The SMILES string of the molecule is C=C1c2cc(C#N)ccc2OC1(F)F. The first-order valence-electron chi connectivity index (χ1n) is 3.85. The molecule has 0 saturated carbocycles. The van der Waals surface area contributed by atoms with Gasteiger partial charge in [-0.2, -0.15) is 14.0 Å². The van der Waals surface area contributed by atoms with Crippen LogP contribution in [0, 0.1) is 11.3 Å². The topological polar surface area (TPSA) is 33.0 Å². The Morgan fingerprint density at radius 2 is 2.14 bits per heavy atom. The van der Waals surface area contributed by atoms with Gasteiger partial charge in [0.25, 0.3) is 0 Å². The van der Waals surface area contributed by atoms with E-state index in [9.17, 15) is 8.78 Å². The lowest BCUT2D eigenvalue weighted by atomic mass is 10.1. The van der Waals surface area contributed by atoms with E-state index in [1.807, 2.05) is 6.07 Å². The number of hydrogen-bond donors (Lipinski definition) is 0. The van der Waals surface area contributed by atoms with Crippen LogP contribution in [0.2, 0.25) is 0 Å². The molecule has 2 nitrogen and oxygen atoms in total. The van der Waals surface area contributed by atoms with Gasteiger partial charge in [0.1, 0.15) is 5.75 Å². The standard InChI is InChI=1S/C10H5F2NO/c1-6-8-4-7(5-13)2-3-9(8)14-10(6,11)12/h2-4H,1H2. The summed E-state index contributed by atoms with van der Waals surface area (Å²) >= 11 is 0. The Labute approximate surface area is 79.0 Å². The second kappa shape index (κ2) is 2.55. The van der Waals surface area contributed by atoms with Crippen molar-refractivity contribution >= 4 is 5.57 Å². The summed E-state index contributed by atoms with van der Waals surface area (Å²) in [6.07, 6.45) is -3.35. The Kier molecular flexibility index (Phi) is 1.58. The summed E-state index contributed by atoms with van der Waals surface area (Å²) in [6, 6.07) is 5.98. The van der Waals surface area contributed by atoms with Gasteiger partial charge in [-0.1, -0.05) is 6.58 Å². The van der Waals surface area contributed by atoms with Gasteiger partial charge in [0, 0.05) is 5.56 Å². The Bertz CT molecular complexity index is 460. The van der Waals surface area contributed by atoms with E-state index in [1.54, 1.807) is 0 Å². The van der Waals surface area contributed by atoms with E-state index in [-0.39, 0.29) is 11.3 Å². The number of ether oxygens (including phenoxy) is 1. The number of fused-ring (bicyclic) bond motifs is 1. The van der Waals surface area contributed by atoms with Gasteiger partial charge in [-0.25, -0.2) is 0 Å². The maximum atomic E-state index is 13.0. The predicted molar refractivity (Wildman–Crippen MR) is 45.8 cm³/mol. The van der Waals surface area contributed by atoms with Gasteiger partial charge in [0.15, 0.2) is 0 Å². The number of nitriles is 1. The smallest absolute Gasteiger partial charge is 0.426 e.